The van der Waals surface area contributed by atoms with Crippen LogP contribution in [0.3, 0.4) is 0 Å². The summed E-state index contributed by atoms with van der Waals surface area (Å²) in [7, 11) is 1.56. The minimum atomic E-state index is -0.423. The molecule has 4 rings (SSSR count). The van der Waals surface area contributed by atoms with E-state index in [1.807, 2.05) is 50.2 Å². The average Bonchev–Trinajstić information content (AvgIpc) is 2.79. The number of fused-ring (bicyclic) bond motifs is 2. The fourth-order valence-corrected chi connectivity index (χ4v) is 3.72. The molecule has 0 saturated heterocycles. The predicted molar refractivity (Wildman–Crippen MR) is 122 cm³/mol. The van der Waals surface area contributed by atoms with Gasteiger partial charge in [-0.1, -0.05) is 36.4 Å². The van der Waals surface area contributed by atoms with Crippen LogP contribution in [-0.2, 0) is 11.3 Å². The molecule has 1 atom stereocenters. The Morgan fingerprint density at radius 1 is 1.22 bits per heavy atom. The molecule has 0 fully saturated rings. The van der Waals surface area contributed by atoms with Gasteiger partial charge in [-0.05, 0) is 37.1 Å². The number of aryl methyl sites for hydroxylation is 1. The van der Waals surface area contributed by atoms with Gasteiger partial charge >= 0.3 is 0 Å². The third-order valence-electron chi connectivity index (χ3n) is 5.47. The highest BCUT2D eigenvalue weighted by atomic mass is 16.5. The number of ether oxygens (including phenoxy) is 1. The van der Waals surface area contributed by atoms with E-state index in [2.05, 4.69) is 10.3 Å². The van der Waals surface area contributed by atoms with Gasteiger partial charge in [0.05, 0.1) is 23.6 Å². The van der Waals surface area contributed by atoms with Crippen LogP contribution in [0.2, 0.25) is 0 Å². The summed E-state index contributed by atoms with van der Waals surface area (Å²) >= 11 is 0. The minimum Gasteiger partial charge on any atom is -0.383 e. The van der Waals surface area contributed by atoms with Crippen molar-refractivity contribution in [1.29, 1.82) is 5.41 Å². The van der Waals surface area contributed by atoms with Crippen molar-refractivity contribution in [1.82, 2.24) is 19.3 Å². The Labute approximate surface area is 184 Å². The van der Waals surface area contributed by atoms with Gasteiger partial charge < -0.3 is 14.6 Å². The van der Waals surface area contributed by atoms with E-state index in [1.54, 1.807) is 23.9 Å². The van der Waals surface area contributed by atoms with Crippen LogP contribution in [0.4, 0.5) is 0 Å². The molecule has 32 heavy (non-hydrogen) atoms. The number of nitrogens with one attached hydrogen (secondary N) is 2. The molecule has 3 heterocycles. The van der Waals surface area contributed by atoms with Crippen LogP contribution in [0.25, 0.3) is 16.7 Å². The molecule has 0 saturated carbocycles. The Bertz CT molecular complexity index is 1420. The Kier molecular flexibility index (Phi) is 5.87. The molecule has 0 aliphatic heterocycles. The lowest BCUT2D eigenvalue weighted by Gasteiger charge is -2.17. The number of hydrogen-bond acceptors (Lipinski definition) is 5. The van der Waals surface area contributed by atoms with Gasteiger partial charge in [-0.3, -0.25) is 19.4 Å². The van der Waals surface area contributed by atoms with Crippen LogP contribution in [-0.4, -0.2) is 33.6 Å². The van der Waals surface area contributed by atoms with Crippen molar-refractivity contribution in [2.45, 2.75) is 26.4 Å². The van der Waals surface area contributed by atoms with Gasteiger partial charge in [0.1, 0.15) is 16.8 Å². The minimum absolute atomic E-state index is 0.0179. The second-order valence-corrected chi connectivity index (χ2v) is 7.75. The van der Waals surface area contributed by atoms with Crippen LogP contribution in [0.15, 0.2) is 59.5 Å². The van der Waals surface area contributed by atoms with E-state index in [-0.39, 0.29) is 34.6 Å². The van der Waals surface area contributed by atoms with E-state index in [1.165, 1.54) is 10.5 Å². The van der Waals surface area contributed by atoms with E-state index in [0.29, 0.717) is 17.9 Å². The van der Waals surface area contributed by atoms with Crippen LogP contribution in [0.1, 0.15) is 34.5 Å². The lowest BCUT2D eigenvalue weighted by Crippen LogP contribution is -2.36. The number of pyridine rings is 2. The number of carbonyl (C=O) groups excluding carboxylic acids is 1. The van der Waals surface area contributed by atoms with E-state index in [4.69, 9.17) is 10.1 Å². The van der Waals surface area contributed by atoms with Crippen LogP contribution < -0.4 is 16.4 Å². The fourth-order valence-electron chi connectivity index (χ4n) is 3.72. The zero-order valence-corrected chi connectivity index (χ0v) is 18.3. The van der Waals surface area contributed by atoms with Crippen molar-refractivity contribution in [2.75, 3.05) is 13.7 Å². The molecule has 0 bridgehead atoms. The second kappa shape index (κ2) is 8.76. The van der Waals surface area contributed by atoms with Crippen LogP contribution >= 0.6 is 0 Å². The van der Waals surface area contributed by atoms with E-state index < -0.39 is 5.91 Å². The highest BCUT2D eigenvalue weighted by Crippen LogP contribution is 2.14. The number of carbonyl (C=O) groups is 1. The maximum atomic E-state index is 13.3. The number of hydrogen-bond donors (Lipinski definition) is 2. The standard InChI is InChI=1S/C24H25N5O3/c1-15-9-10-20-27-22-19(24(31)29(20)14-15)13-18(21(25)28(22)11-12-32-3)23(30)26-16(2)17-7-5-4-6-8-17/h4-10,13-14,16,25H,11-12H2,1-3H3,(H,26,30). The van der Waals surface area contributed by atoms with Crippen molar-refractivity contribution < 1.29 is 9.53 Å². The van der Waals surface area contributed by atoms with Crippen molar-refractivity contribution in [3.8, 4) is 0 Å². The van der Waals surface area contributed by atoms with Crippen molar-refractivity contribution >= 4 is 22.6 Å². The lowest BCUT2D eigenvalue weighted by molar-refractivity contribution is 0.0937. The summed E-state index contributed by atoms with van der Waals surface area (Å²) in [4.78, 5) is 31.0. The molecular weight excluding hydrogens is 406 g/mol. The molecule has 0 aliphatic rings. The zero-order valence-electron chi connectivity index (χ0n) is 18.3. The first kappa shape index (κ1) is 21.5. The summed E-state index contributed by atoms with van der Waals surface area (Å²) in [5.41, 5.74) is 2.51. The van der Waals surface area contributed by atoms with Crippen molar-refractivity contribution in [3.63, 3.8) is 0 Å². The molecular formula is C24H25N5O3. The summed E-state index contributed by atoms with van der Waals surface area (Å²) in [6.45, 7) is 4.37. The maximum Gasteiger partial charge on any atom is 0.267 e. The molecule has 0 spiro atoms. The number of nitrogens with zero attached hydrogens (tertiary/aromatic N) is 3. The summed E-state index contributed by atoms with van der Waals surface area (Å²) < 4.78 is 8.22. The molecule has 1 aromatic carbocycles. The molecule has 1 unspecified atom stereocenters. The van der Waals surface area contributed by atoms with Gasteiger partial charge in [-0.2, -0.15) is 0 Å². The summed E-state index contributed by atoms with van der Waals surface area (Å²) in [5, 5.41) is 11.9. The average molecular weight is 431 g/mol. The maximum absolute atomic E-state index is 13.3. The molecule has 8 heteroatoms. The number of aromatic nitrogens is 3. The summed E-state index contributed by atoms with van der Waals surface area (Å²) in [6.07, 6.45) is 1.72. The quantitative estimate of drug-likeness (QED) is 0.458. The molecule has 0 radical (unpaired) electrons. The Balaban J connectivity index is 1.88. The van der Waals surface area contributed by atoms with Gasteiger partial charge in [0, 0.05) is 19.9 Å². The molecule has 4 aromatic rings. The number of rotatable bonds is 6. The highest BCUT2D eigenvalue weighted by molar-refractivity contribution is 5.97. The van der Waals surface area contributed by atoms with Gasteiger partial charge in [0.25, 0.3) is 11.5 Å². The number of amides is 1. The SMILES string of the molecule is COCCn1c(=N)c(C(=O)NC(C)c2ccccc2)cc2c(=O)n3cc(C)ccc3nc21. The Hall–Kier alpha value is -3.78. The third-order valence-corrected chi connectivity index (χ3v) is 5.47. The molecule has 1 amide bonds. The molecule has 0 aliphatic carbocycles. The normalized spacial score (nSPS) is 12.2. The number of methoxy groups -OCH3 is 1. The summed E-state index contributed by atoms with van der Waals surface area (Å²) in [6, 6.07) is 14.4. The van der Waals surface area contributed by atoms with Gasteiger partial charge in [-0.15, -0.1) is 0 Å². The first-order chi connectivity index (χ1) is 15.4. The van der Waals surface area contributed by atoms with Crippen LogP contribution in [0.5, 0.6) is 0 Å². The lowest BCUT2D eigenvalue weighted by atomic mass is 10.1. The fraction of sp³-hybridized carbons (Fsp3) is 0.250. The molecule has 3 aromatic heterocycles. The van der Waals surface area contributed by atoms with Crippen LogP contribution in [0, 0.1) is 12.3 Å². The summed E-state index contributed by atoms with van der Waals surface area (Å²) in [5.74, 6) is -0.423. The predicted octanol–water partition coefficient (Wildman–Crippen LogP) is 2.57. The third kappa shape index (κ3) is 3.92. The number of benzene rings is 1. The topological polar surface area (TPSA) is 101 Å². The molecule has 164 valence electrons. The molecule has 8 nitrogen and oxygen atoms in total. The van der Waals surface area contributed by atoms with E-state index >= 15 is 0 Å². The Morgan fingerprint density at radius 3 is 2.69 bits per heavy atom. The van der Waals surface area contributed by atoms with Gasteiger partial charge in [-0.25, -0.2) is 4.98 Å². The highest BCUT2D eigenvalue weighted by Gasteiger charge is 2.19. The monoisotopic (exact) mass is 431 g/mol. The van der Waals surface area contributed by atoms with Gasteiger partial charge in [0.2, 0.25) is 0 Å². The largest absolute Gasteiger partial charge is 0.383 e. The smallest absolute Gasteiger partial charge is 0.267 e. The van der Waals surface area contributed by atoms with Crippen molar-refractivity contribution in [2.24, 2.45) is 0 Å². The van der Waals surface area contributed by atoms with Gasteiger partial charge in [0.15, 0.2) is 0 Å². The first-order valence-corrected chi connectivity index (χ1v) is 10.4. The Morgan fingerprint density at radius 2 is 1.97 bits per heavy atom. The van der Waals surface area contributed by atoms with Crippen molar-refractivity contribution in [3.05, 3.63) is 87.3 Å². The zero-order chi connectivity index (χ0) is 22.8. The second-order valence-electron chi connectivity index (χ2n) is 7.75. The van der Waals surface area contributed by atoms with E-state index in [0.717, 1.165) is 11.1 Å². The first-order valence-electron chi connectivity index (χ1n) is 10.4. The molecule has 2 N–H and O–H groups in total. The van der Waals surface area contributed by atoms with E-state index in [9.17, 15) is 9.59 Å².